The number of nitriles is 1. The lowest BCUT2D eigenvalue weighted by atomic mass is 10.0. The molecule has 3 aromatic rings. The van der Waals surface area contributed by atoms with Gasteiger partial charge in [0.15, 0.2) is 5.16 Å². The first-order valence-corrected chi connectivity index (χ1v) is 10.6. The van der Waals surface area contributed by atoms with Crippen LogP contribution in [0.25, 0.3) is 16.7 Å². The zero-order valence-corrected chi connectivity index (χ0v) is 17.0. The molecule has 1 N–H and O–H groups in total. The highest BCUT2D eigenvalue weighted by Gasteiger charge is 2.35. The highest BCUT2D eigenvalue weighted by molar-refractivity contribution is 7.99. The third-order valence-electron chi connectivity index (χ3n) is 5.24. The molecule has 4 rings (SSSR count). The Hall–Kier alpha value is -2.98. The third kappa shape index (κ3) is 3.94. The molecule has 29 heavy (non-hydrogen) atoms. The van der Waals surface area contributed by atoms with E-state index in [1.54, 1.807) is 7.11 Å². The molecule has 1 aliphatic carbocycles. The Morgan fingerprint density at radius 3 is 2.66 bits per heavy atom. The van der Waals surface area contributed by atoms with Crippen LogP contribution in [0.15, 0.2) is 53.7 Å². The molecule has 7 heteroatoms. The number of para-hydroxylation sites is 2. The summed E-state index contributed by atoms with van der Waals surface area (Å²) in [4.78, 5) is 17.3. The number of fused-ring (bicyclic) bond motifs is 1. The Labute approximate surface area is 173 Å². The van der Waals surface area contributed by atoms with E-state index in [1.807, 2.05) is 53.1 Å². The molecular formula is C22H22N4O2S. The highest BCUT2D eigenvalue weighted by atomic mass is 32.2. The van der Waals surface area contributed by atoms with Crippen molar-refractivity contribution in [2.75, 3.05) is 12.9 Å². The first-order valence-electron chi connectivity index (χ1n) is 9.61. The molecule has 0 unspecified atom stereocenters. The lowest BCUT2D eigenvalue weighted by Crippen LogP contribution is -2.45. The predicted molar refractivity (Wildman–Crippen MR) is 113 cm³/mol. The second-order valence-electron chi connectivity index (χ2n) is 7.15. The zero-order valence-electron chi connectivity index (χ0n) is 16.2. The smallest absolute Gasteiger partial charge is 0.231 e. The number of hydrogen-bond acceptors (Lipinski definition) is 5. The third-order valence-corrected chi connectivity index (χ3v) is 6.18. The number of methoxy groups -OCH3 is 1. The zero-order chi connectivity index (χ0) is 20.3. The van der Waals surface area contributed by atoms with Crippen LogP contribution in [-0.2, 0) is 4.79 Å². The molecule has 1 aliphatic rings. The molecule has 1 saturated carbocycles. The van der Waals surface area contributed by atoms with Crippen LogP contribution >= 0.6 is 11.8 Å². The van der Waals surface area contributed by atoms with E-state index in [2.05, 4.69) is 11.4 Å². The number of thioether (sulfide) groups is 1. The van der Waals surface area contributed by atoms with Gasteiger partial charge in [0, 0.05) is 5.69 Å². The van der Waals surface area contributed by atoms with Crippen LogP contribution in [0.2, 0.25) is 0 Å². The molecule has 6 nitrogen and oxygen atoms in total. The minimum Gasteiger partial charge on any atom is -0.497 e. The van der Waals surface area contributed by atoms with Gasteiger partial charge >= 0.3 is 0 Å². The molecule has 1 amide bonds. The van der Waals surface area contributed by atoms with Crippen molar-refractivity contribution >= 4 is 28.7 Å². The number of nitrogens with one attached hydrogen (secondary N) is 1. The number of hydrogen-bond donors (Lipinski definition) is 1. The fraction of sp³-hybridized carbons (Fsp3) is 0.318. The minimum atomic E-state index is -0.701. The molecular weight excluding hydrogens is 384 g/mol. The van der Waals surface area contributed by atoms with Gasteiger partial charge in [-0.1, -0.05) is 23.9 Å². The summed E-state index contributed by atoms with van der Waals surface area (Å²) in [5.41, 5.74) is 2.10. The van der Waals surface area contributed by atoms with Crippen LogP contribution in [0.1, 0.15) is 25.7 Å². The van der Waals surface area contributed by atoms with Gasteiger partial charge in [-0.15, -0.1) is 0 Å². The molecule has 1 aromatic heterocycles. The van der Waals surface area contributed by atoms with E-state index in [0.717, 1.165) is 53.3 Å². The topological polar surface area (TPSA) is 79.9 Å². The summed E-state index contributed by atoms with van der Waals surface area (Å²) in [5.74, 6) is 0.861. The number of carbonyl (C=O) groups is 1. The van der Waals surface area contributed by atoms with Crippen LogP contribution < -0.4 is 10.1 Å². The second kappa shape index (κ2) is 8.18. The molecule has 148 valence electrons. The molecule has 0 bridgehead atoms. The fourth-order valence-electron chi connectivity index (χ4n) is 3.76. The van der Waals surface area contributed by atoms with E-state index in [4.69, 9.17) is 9.72 Å². The molecule has 0 spiro atoms. The molecule has 2 aromatic carbocycles. The number of nitrogens with zero attached hydrogens (tertiary/aromatic N) is 3. The molecule has 1 heterocycles. The SMILES string of the molecule is COc1ccc(-n2c(SCC(=O)NC3(C#N)CCCC3)nc3ccccc32)cc1. The maximum atomic E-state index is 12.5. The summed E-state index contributed by atoms with van der Waals surface area (Å²) in [6.45, 7) is 0. The van der Waals surface area contributed by atoms with Crippen molar-refractivity contribution < 1.29 is 9.53 Å². The number of imidazole rings is 1. The molecule has 0 radical (unpaired) electrons. The highest BCUT2D eigenvalue weighted by Crippen LogP contribution is 2.31. The van der Waals surface area contributed by atoms with Crippen LogP contribution in [0.5, 0.6) is 5.75 Å². The average molecular weight is 407 g/mol. The van der Waals surface area contributed by atoms with Crippen LogP contribution in [-0.4, -0.2) is 33.9 Å². The van der Waals surface area contributed by atoms with Gasteiger partial charge in [0.25, 0.3) is 0 Å². The largest absolute Gasteiger partial charge is 0.497 e. The van der Waals surface area contributed by atoms with Crippen LogP contribution in [0.4, 0.5) is 0 Å². The summed E-state index contributed by atoms with van der Waals surface area (Å²) >= 11 is 1.38. The molecule has 1 fully saturated rings. The van der Waals surface area contributed by atoms with Crippen molar-refractivity contribution in [1.82, 2.24) is 14.9 Å². The Kier molecular flexibility index (Phi) is 5.45. The lowest BCUT2D eigenvalue weighted by Gasteiger charge is -2.21. The number of benzene rings is 2. The maximum absolute atomic E-state index is 12.5. The first kappa shape index (κ1) is 19.3. The van der Waals surface area contributed by atoms with Crippen molar-refractivity contribution in [3.05, 3.63) is 48.5 Å². The second-order valence-corrected chi connectivity index (χ2v) is 8.10. The summed E-state index contributed by atoms with van der Waals surface area (Å²) < 4.78 is 7.30. The molecule has 0 aliphatic heterocycles. The van der Waals surface area contributed by atoms with E-state index in [9.17, 15) is 10.1 Å². The van der Waals surface area contributed by atoms with Gasteiger partial charge in [0.2, 0.25) is 5.91 Å². The Morgan fingerprint density at radius 2 is 1.97 bits per heavy atom. The number of ether oxygens (including phenoxy) is 1. The summed E-state index contributed by atoms with van der Waals surface area (Å²) in [6.07, 6.45) is 3.41. The first-order chi connectivity index (χ1) is 14.1. The van der Waals surface area contributed by atoms with Crippen molar-refractivity contribution in [3.8, 4) is 17.5 Å². The van der Waals surface area contributed by atoms with Crippen molar-refractivity contribution in [2.45, 2.75) is 36.4 Å². The average Bonchev–Trinajstić information content (AvgIpc) is 3.37. The van der Waals surface area contributed by atoms with Gasteiger partial charge in [-0.05, 0) is 62.1 Å². The van der Waals surface area contributed by atoms with Gasteiger partial charge in [-0.3, -0.25) is 9.36 Å². The Morgan fingerprint density at radius 1 is 1.24 bits per heavy atom. The summed E-state index contributed by atoms with van der Waals surface area (Å²) in [5, 5.41) is 13.2. The fourth-order valence-corrected chi connectivity index (χ4v) is 4.59. The van der Waals surface area contributed by atoms with Gasteiger partial charge < -0.3 is 10.1 Å². The Bertz CT molecular complexity index is 1060. The number of aromatic nitrogens is 2. The van der Waals surface area contributed by atoms with Crippen molar-refractivity contribution in [3.63, 3.8) is 0 Å². The van der Waals surface area contributed by atoms with E-state index in [-0.39, 0.29) is 11.7 Å². The number of amides is 1. The van der Waals surface area contributed by atoms with Crippen LogP contribution in [0, 0.1) is 11.3 Å². The maximum Gasteiger partial charge on any atom is 0.231 e. The quantitative estimate of drug-likeness (QED) is 0.624. The predicted octanol–water partition coefficient (Wildman–Crippen LogP) is 4.08. The van der Waals surface area contributed by atoms with Gasteiger partial charge in [-0.25, -0.2) is 4.98 Å². The van der Waals surface area contributed by atoms with E-state index in [0.29, 0.717) is 0 Å². The van der Waals surface area contributed by atoms with Crippen LogP contribution in [0.3, 0.4) is 0 Å². The van der Waals surface area contributed by atoms with E-state index >= 15 is 0 Å². The minimum absolute atomic E-state index is 0.133. The van der Waals surface area contributed by atoms with E-state index < -0.39 is 5.54 Å². The Balaban J connectivity index is 1.58. The van der Waals surface area contributed by atoms with Gasteiger partial charge in [0.1, 0.15) is 11.3 Å². The number of rotatable bonds is 6. The molecule has 0 saturated heterocycles. The molecule has 0 atom stereocenters. The van der Waals surface area contributed by atoms with Gasteiger partial charge in [0.05, 0.1) is 30.0 Å². The van der Waals surface area contributed by atoms with Crippen molar-refractivity contribution in [1.29, 1.82) is 5.26 Å². The normalized spacial score (nSPS) is 15.2. The van der Waals surface area contributed by atoms with Crippen molar-refractivity contribution in [2.24, 2.45) is 0 Å². The standard InChI is InChI=1S/C22H22N4O2S/c1-28-17-10-8-16(9-11-17)26-19-7-3-2-6-18(19)24-21(26)29-14-20(27)25-22(15-23)12-4-5-13-22/h2-3,6-11H,4-5,12-14H2,1H3,(H,25,27). The van der Waals surface area contributed by atoms with E-state index in [1.165, 1.54) is 11.8 Å². The summed E-state index contributed by atoms with van der Waals surface area (Å²) in [7, 11) is 1.64. The monoisotopic (exact) mass is 406 g/mol. The van der Waals surface area contributed by atoms with Gasteiger partial charge in [-0.2, -0.15) is 5.26 Å². The summed E-state index contributed by atoms with van der Waals surface area (Å²) in [6, 6.07) is 18.0. The number of carbonyl (C=O) groups excluding carboxylic acids is 1. The lowest BCUT2D eigenvalue weighted by molar-refractivity contribution is -0.119.